The van der Waals surface area contributed by atoms with Gasteiger partial charge in [0, 0.05) is 16.7 Å². The van der Waals surface area contributed by atoms with Gasteiger partial charge in [-0.15, -0.1) is 0 Å². The molecule has 0 radical (unpaired) electrons. The van der Waals surface area contributed by atoms with Gasteiger partial charge in [0.15, 0.2) is 0 Å². The Bertz CT molecular complexity index is 696. The molecule has 0 bridgehead atoms. The fourth-order valence-corrected chi connectivity index (χ4v) is 2.39. The molecule has 1 heterocycles. The first kappa shape index (κ1) is 17.3. The van der Waals surface area contributed by atoms with Crippen molar-refractivity contribution in [3.05, 3.63) is 46.6 Å². The van der Waals surface area contributed by atoms with E-state index in [0.29, 0.717) is 28.5 Å². The Morgan fingerprint density at radius 3 is 2.43 bits per heavy atom. The van der Waals surface area contributed by atoms with Gasteiger partial charge in [-0.25, -0.2) is 4.79 Å². The van der Waals surface area contributed by atoms with Crippen molar-refractivity contribution in [2.45, 2.75) is 33.3 Å². The standard InChI is InChI=1S/C18H20ClNO3/c1-5-14-17(18(21)22-4)16(23-11(2)3)10-15(20-14)12-6-8-13(19)9-7-12/h6-11H,5H2,1-4H3. The van der Waals surface area contributed by atoms with Gasteiger partial charge >= 0.3 is 5.97 Å². The number of rotatable bonds is 5. The molecule has 2 aromatic rings. The first-order valence-electron chi connectivity index (χ1n) is 7.51. The fourth-order valence-electron chi connectivity index (χ4n) is 2.26. The van der Waals surface area contributed by atoms with E-state index in [-0.39, 0.29) is 6.10 Å². The van der Waals surface area contributed by atoms with Crippen molar-refractivity contribution in [1.82, 2.24) is 4.98 Å². The molecular weight excluding hydrogens is 314 g/mol. The largest absolute Gasteiger partial charge is 0.490 e. The first-order chi connectivity index (χ1) is 11.0. The Balaban J connectivity index is 2.62. The zero-order valence-electron chi connectivity index (χ0n) is 13.7. The summed E-state index contributed by atoms with van der Waals surface area (Å²) in [7, 11) is 1.36. The summed E-state index contributed by atoms with van der Waals surface area (Å²) in [5.74, 6) is 0.0521. The van der Waals surface area contributed by atoms with Crippen LogP contribution in [0.15, 0.2) is 30.3 Å². The SMILES string of the molecule is CCc1nc(-c2ccc(Cl)cc2)cc(OC(C)C)c1C(=O)OC. The zero-order chi connectivity index (χ0) is 17.0. The Morgan fingerprint density at radius 2 is 1.91 bits per heavy atom. The Labute approximate surface area is 141 Å². The maximum atomic E-state index is 12.1. The van der Waals surface area contributed by atoms with Crippen LogP contribution in [0.3, 0.4) is 0 Å². The third kappa shape index (κ3) is 4.02. The number of esters is 1. The normalized spacial score (nSPS) is 10.7. The van der Waals surface area contributed by atoms with Crippen molar-refractivity contribution in [3.63, 3.8) is 0 Å². The number of hydrogen-bond acceptors (Lipinski definition) is 4. The molecule has 0 aliphatic carbocycles. The topological polar surface area (TPSA) is 48.4 Å². The molecule has 1 aromatic heterocycles. The molecule has 0 fully saturated rings. The minimum Gasteiger partial charge on any atom is -0.490 e. The summed E-state index contributed by atoms with van der Waals surface area (Å²) in [4.78, 5) is 16.7. The molecule has 0 saturated carbocycles. The third-order valence-corrected chi connectivity index (χ3v) is 3.54. The van der Waals surface area contributed by atoms with Crippen molar-refractivity contribution in [3.8, 4) is 17.0 Å². The van der Waals surface area contributed by atoms with Gasteiger partial charge in [0.25, 0.3) is 0 Å². The summed E-state index contributed by atoms with van der Waals surface area (Å²) >= 11 is 5.94. The minimum atomic E-state index is -0.437. The maximum Gasteiger partial charge on any atom is 0.343 e. The van der Waals surface area contributed by atoms with E-state index in [9.17, 15) is 4.79 Å². The molecule has 0 saturated heterocycles. The van der Waals surface area contributed by atoms with E-state index in [1.165, 1.54) is 7.11 Å². The average Bonchev–Trinajstić information content (AvgIpc) is 2.53. The summed E-state index contributed by atoms with van der Waals surface area (Å²) in [6.45, 7) is 5.77. The van der Waals surface area contributed by atoms with Gasteiger partial charge in [-0.1, -0.05) is 30.7 Å². The highest BCUT2D eigenvalue weighted by molar-refractivity contribution is 6.30. The lowest BCUT2D eigenvalue weighted by molar-refractivity contribution is 0.0592. The smallest absolute Gasteiger partial charge is 0.343 e. The Hall–Kier alpha value is -2.07. The van der Waals surface area contributed by atoms with E-state index in [1.54, 1.807) is 18.2 Å². The predicted octanol–water partition coefficient (Wildman–Crippen LogP) is 4.54. The average molecular weight is 334 g/mol. The first-order valence-corrected chi connectivity index (χ1v) is 7.88. The summed E-state index contributed by atoms with van der Waals surface area (Å²) in [5, 5.41) is 0.661. The number of methoxy groups -OCH3 is 1. The van der Waals surface area contributed by atoms with Crippen LogP contribution >= 0.6 is 11.6 Å². The van der Waals surface area contributed by atoms with Crippen molar-refractivity contribution in [1.29, 1.82) is 0 Å². The molecule has 122 valence electrons. The lowest BCUT2D eigenvalue weighted by Gasteiger charge is -2.17. The Kier molecular flexibility index (Phi) is 5.61. The molecule has 0 amide bonds. The number of pyridine rings is 1. The summed E-state index contributed by atoms with van der Waals surface area (Å²) in [5.41, 5.74) is 2.69. The number of aromatic nitrogens is 1. The van der Waals surface area contributed by atoms with Gasteiger partial charge in [-0.3, -0.25) is 4.98 Å². The number of ether oxygens (including phenoxy) is 2. The van der Waals surface area contributed by atoms with Crippen molar-refractivity contribution in [2.24, 2.45) is 0 Å². The molecule has 2 rings (SSSR count). The number of benzene rings is 1. The van der Waals surface area contributed by atoms with Gasteiger partial charge in [-0.2, -0.15) is 0 Å². The fraction of sp³-hybridized carbons (Fsp3) is 0.333. The van der Waals surface area contributed by atoms with Crippen LogP contribution in [0.5, 0.6) is 5.75 Å². The highest BCUT2D eigenvalue weighted by Gasteiger charge is 2.21. The molecule has 0 N–H and O–H groups in total. The van der Waals surface area contributed by atoms with E-state index in [2.05, 4.69) is 4.98 Å². The van der Waals surface area contributed by atoms with E-state index < -0.39 is 5.97 Å². The highest BCUT2D eigenvalue weighted by atomic mass is 35.5. The highest BCUT2D eigenvalue weighted by Crippen LogP contribution is 2.30. The molecule has 0 unspecified atom stereocenters. The molecule has 1 aromatic carbocycles. The summed E-state index contributed by atoms with van der Waals surface area (Å²) in [6.07, 6.45) is 0.531. The number of halogens is 1. The number of hydrogen-bond donors (Lipinski definition) is 0. The number of carbonyl (C=O) groups excluding carboxylic acids is 1. The molecule has 5 heteroatoms. The van der Waals surface area contributed by atoms with Crippen molar-refractivity contribution in [2.75, 3.05) is 7.11 Å². The van der Waals surface area contributed by atoms with E-state index >= 15 is 0 Å². The number of aryl methyl sites for hydroxylation is 1. The second kappa shape index (κ2) is 7.47. The van der Waals surface area contributed by atoms with Crippen molar-refractivity contribution < 1.29 is 14.3 Å². The van der Waals surface area contributed by atoms with Crippen LogP contribution in [-0.4, -0.2) is 24.2 Å². The lowest BCUT2D eigenvalue weighted by atomic mass is 10.1. The van der Waals surface area contributed by atoms with Crippen molar-refractivity contribution >= 4 is 17.6 Å². The molecule has 0 aliphatic rings. The molecule has 0 aliphatic heterocycles. The molecule has 4 nitrogen and oxygen atoms in total. The number of nitrogens with zero attached hydrogens (tertiary/aromatic N) is 1. The number of carbonyl (C=O) groups is 1. The van der Waals surface area contributed by atoms with Crippen LogP contribution in [0.1, 0.15) is 36.8 Å². The van der Waals surface area contributed by atoms with Crippen LogP contribution in [0.25, 0.3) is 11.3 Å². The monoisotopic (exact) mass is 333 g/mol. The maximum absolute atomic E-state index is 12.1. The summed E-state index contributed by atoms with van der Waals surface area (Å²) < 4.78 is 10.7. The molecule has 0 spiro atoms. The second-order valence-corrected chi connectivity index (χ2v) is 5.78. The minimum absolute atomic E-state index is 0.0661. The van der Waals surface area contributed by atoms with Crippen LogP contribution in [-0.2, 0) is 11.2 Å². The molecule has 0 atom stereocenters. The van der Waals surface area contributed by atoms with Gasteiger partial charge in [0.05, 0.1) is 24.6 Å². The zero-order valence-corrected chi connectivity index (χ0v) is 14.5. The van der Waals surface area contributed by atoms with Crippen LogP contribution in [0, 0.1) is 0 Å². The van der Waals surface area contributed by atoms with E-state index in [4.69, 9.17) is 21.1 Å². The van der Waals surface area contributed by atoms with E-state index in [0.717, 1.165) is 11.3 Å². The second-order valence-electron chi connectivity index (χ2n) is 5.35. The third-order valence-electron chi connectivity index (χ3n) is 3.29. The summed E-state index contributed by atoms with van der Waals surface area (Å²) in [6, 6.07) is 9.17. The van der Waals surface area contributed by atoms with Gasteiger partial charge in [0.2, 0.25) is 0 Å². The predicted molar refractivity (Wildman–Crippen MR) is 91.2 cm³/mol. The van der Waals surface area contributed by atoms with Gasteiger partial charge in [0.1, 0.15) is 11.3 Å². The van der Waals surface area contributed by atoms with Crippen LogP contribution in [0.4, 0.5) is 0 Å². The molecule has 23 heavy (non-hydrogen) atoms. The van der Waals surface area contributed by atoms with Gasteiger partial charge in [-0.05, 0) is 32.4 Å². The Morgan fingerprint density at radius 1 is 1.26 bits per heavy atom. The van der Waals surface area contributed by atoms with Crippen LogP contribution in [0.2, 0.25) is 5.02 Å². The molecular formula is C18H20ClNO3. The van der Waals surface area contributed by atoms with Gasteiger partial charge < -0.3 is 9.47 Å². The quantitative estimate of drug-likeness (QED) is 0.754. The lowest BCUT2D eigenvalue weighted by Crippen LogP contribution is -2.14. The van der Waals surface area contributed by atoms with E-state index in [1.807, 2.05) is 32.9 Å². The van der Waals surface area contributed by atoms with Crippen LogP contribution < -0.4 is 4.74 Å².